The average Bonchev–Trinajstić information content (AvgIpc) is 2.15. The second-order valence-corrected chi connectivity index (χ2v) is 3.44. The molecule has 2 unspecified atom stereocenters. The van der Waals surface area contributed by atoms with Gasteiger partial charge in [-0.2, -0.15) is 0 Å². The quantitative estimate of drug-likeness (QED) is 0.546. The summed E-state index contributed by atoms with van der Waals surface area (Å²) in [6.45, 7) is -0.0259. The summed E-state index contributed by atoms with van der Waals surface area (Å²) in [5.41, 5.74) is 11.6. The lowest BCUT2D eigenvalue weighted by Gasteiger charge is -2.17. The van der Waals surface area contributed by atoms with Crippen molar-refractivity contribution in [1.82, 2.24) is 0 Å². The minimum absolute atomic E-state index is 0.0259. The summed E-state index contributed by atoms with van der Waals surface area (Å²) in [5.74, 6) is 0. The van der Waals surface area contributed by atoms with E-state index in [1.165, 1.54) is 6.07 Å². The molecule has 0 amide bonds. The number of nitrogens with two attached hydrogens (primary N) is 2. The van der Waals surface area contributed by atoms with Crippen LogP contribution in [0.25, 0.3) is 0 Å². The van der Waals surface area contributed by atoms with E-state index < -0.39 is 12.2 Å². The normalized spacial score (nSPS) is 15.1. The molecular weight excluding hydrogens is 204 g/mol. The number of anilines is 1. The topological polar surface area (TPSA) is 92.5 Å². The predicted molar refractivity (Wildman–Crippen MR) is 55.9 cm³/mol. The summed E-state index contributed by atoms with van der Waals surface area (Å²) in [4.78, 5) is 0. The van der Waals surface area contributed by atoms with E-state index in [2.05, 4.69) is 0 Å². The van der Waals surface area contributed by atoms with Crippen molar-refractivity contribution in [3.8, 4) is 0 Å². The highest BCUT2D eigenvalue weighted by atomic mass is 35.5. The zero-order valence-corrected chi connectivity index (χ0v) is 8.28. The maximum Gasteiger partial charge on any atom is 0.108 e. The Bertz CT molecular complexity index is 320. The van der Waals surface area contributed by atoms with Crippen molar-refractivity contribution < 1.29 is 10.2 Å². The Morgan fingerprint density at radius 1 is 1.36 bits per heavy atom. The SMILES string of the molecule is NCC(O)C(O)c1ccc(N)cc1Cl. The van der Waals surface area contributed by atoms with Crippen molar-refractivity contribution in [1.29, 1.82) is 0 Å². The number of aliphatic hydroxyl groups is 2. The van der Waals surface area contributed by atoms with Crippen molar-refractivity contribution in [2.75, 3.05) is 12.3 Å². The Morgan fingerprint density at radius 3 is 2.50 bits per heavy atom. The van der Waals surface area contributed by atoms with Gasteiger partial charge in [-0.25, -0.2) is 0 Å². The number of aliphatic hydroxyl groups excluding tert-OH is 2. The molecule has 14 heavy (non-hydrogen) atoms. The first-order valence-electron chi connectivity index (χ1n) is 4.17. The number of rotatable bonds is 3. The van der Waals surface area contributed by atoms with Gasteiger partial charge < -0.3 is 21.7 Å². The van der Waals surface area contributed by atoms with Gasteiger partial charge in [0.15, 0.2) is 0 Å². The van der Waals surface area contributed by atoms with Gasteiger partial charge in [-0.1, -0.05) is 17.7 Å². The third-order valence-corrected chi connectivity index (χ3v) is 2.28. The lowest BCUT2D eigenvalue weighted by Crippen LogP contribution is -2.27. The average molecular weight is 217 g/mol. The standard InChI is InChI=1S/C9H13ClN2O2/c10-7-3-5(12)1-2-6(7)9(14)8(13)4-11/h1-3,8-9,13-14H,4,11-12H2. The van der Waals surface area contributed by atoms with Crippen LogP contribution < -0.4 is 11.5 Å². The minimum Gasteiger partial charge on any atom is -0.399 e. The molecule has 0 spiro atoms. The first-order valence-corrected chi connectivity index (χ1v) is 4.55. The molecule has 0 saturated carbocycles. The van der Waals surface area contributed by atoms with E-state index in [0.29, 0.717) is 16.3 Å². The molecule has 0 radical (unpaired) electrons. The van der Waals surface area contributed by atoms with Gasteiger partial charge in [-0.05, 0) is 12.1 Å². The van der Waals surface area contributed by atoms with Gasteiger partial charge in [0, 0.05) is 22.8 Å². The van der Waals surface area contributed by atoms with Gasteiger partial charge in [-0.3, -0.25) is 0 Å². The van der Waals surface area contributed by atoms with Gasteiger partial charge >= 0.3 is 0 Å². The molecule has 0 fully saturated rings. The molecule has 1 aromatic carbocycles. The van der Waals surface area contributed by atoms with Crippen LogP contribution in [0, 0.1) is 0 Å². The minimum atomic E-state index is -1.08. The summed E-state index contributed by atoms with van der Waals surface area (Å²) in [7, 11) is 0. The van der Waals surface area contributed by atoms with Crippen molar-refractivity contribution in [3.63, 3.8) is 0 Å². The third kappa shape index (κ3) is 2.36. The number of hydrogen-bond donors (Lipinski definition) is 4. The molecule has 0 aliphatic carbocycles. The second kappa shape index (κ2) is 4.61. The van der Waals surface area contributed by atoms with Crippen LogP contribution in [0.15, 0.2) is 18.2 Å². The summed E-state index contributed by atoms with van der Waals surface area (Å²) >= 11 is 5.83. The molecule has 6 N–H and O–H groups in total. The fourth-order valence-corrected chi connectivity index (χ4v) is 1.42. The monoisotopic (exact) mass is 216 g/mol. The fraction of sp³-hybridized carbons (Fsp3) is 0.333. The van der Waals surface area contributed by atoms with Crippen molar-refractivity contribution in [3.05, 3.63) is 28.8 Å². The van der Waals surface area contributed by atoms with Crippen LogP contribution in [0.3, 0.4) is 0 Å². The van der Waals surface area contributed by atoms with Crippen LogP contribution in [0.5, 0.6) is 0 Å². The Labute approximate surface area is 87.1 Å². The van der Waals surface area contributed by atoms with Crippen LogP contribution in [0.2, 0.25) is 5.02 Å². The molecule has 78 valence electrons. The maximum atomic E-state index is 9.61. The first-order chi connectivity index (χ1) is 6.56. The molecule has 0 heterocycles. The largest absolute Gasteiger partial charge is 0.399 e. The second-order valence-electron chi connectivity index (χ2n) is 3.03. The summed E-state index contributed by atoms with van der Waals surface area (Å²) < 4.78 is 0. The highest BCUT2D eigenvalue weighted by Gasteiger charge is 2.19. The lowest BCUT2D eigenvalue weighted by molar-refractivity contribution is 0.0244. The zero-order chi connectivity index (χ0) is 10.7. The van der Waals surface area contributed by atoms with Gasteiger partial charge in [0.05, 0.1) is 6.10 Å². The molecule has 1 rings (SSSR count). The predicted octanol–water partition coefficient (Wildman–Crippen LogP) is 0.275. The van der Waals surface area contributed by atoms with Crippen LogP contribution in [0.1, 0.15) is 11.7 Å². The third-order valence-electron chi connectivity index (χ3n) is 1.95. The molecule has 0 saturated heterocycles. The molecule has 0 aromatic heterocycles. The van der Waals surface area contributed by atoms with Gasteiger partial charge in [0.1, 0.15) is 6.10 Å². The van der Waals surface area contributed by atoms with E-state index in [-0.39, 0.29) is 6.54 Å². The van der Waals surface area contributed by atoms with E-state index in [1.54, 1.807) is 12.1 Å². The highest BCUT2D eigenvalue weighted by Crippen LogP contribution is 2.26. The smallest absolute Gasteiger partial charge is 0.108 e. The zero-order valence-electron chi connectivity index (χ0n) is 7.52. The highest BCUT2D eigenvalue weighted by molar-refractivity contribution is 6.31. The molecular formula is C9H13ClN2O2. The molecule has 5 heteroatoms. The molecule has 0 aliphatic rings. The molecule has 0 aliphatic heterocycles. The Kier molecular flexibility index (Phi) is 3.71. The Balaban J connectivity index is 2.95. The summed E-state index contributed by atoms with van der Waals surface area (Å²) in [5, 5.41) is 19.2. The van der Waals surface area contributed by atoms with Crippen molar-refractivity contribution >= 4 is 17.3 Å². The number of hydrogen-bond acceptors (Lipinski definition) is 4. The van der Waals surface area contributed by atoms with Gasteiger partial charge in [0.25, 0.3) is 0 Å². The van der Waals surface area contributed by atoms with Crippen LogP contribution in [-0.4, -0.2) is 22.9 Å². The van der Waals surface area contributed by atoms with Crippen molar-refractivity contribution in [2.24, 2.45) is 5.73 Å². The van der Waals surface area contributed by atoms with E-state index >= 15 is 0 Å². The van der Waals surface area contributed by atoms with Crippen LogP contribution in [0.4, 0.5) is 5.69 Å². The number of nitrogen functional groups attached to an aromatic ring is 1. The van der Waals surface area contributed by atoms with Crippen LogP contribution in [-0.2, 0) is 0 Å². The molecule has 4 nitrogen and oxygen atoms in total. The fourth-order valence-electron chi connectivity index (χ4n) is 1.12. The first kappa shape index (κ1) is 11.3. The Morgan fingerprint density at radius 2 is 2.00 bits per heavy atom. The Hall–Kier alpha value is -0.810. The van der Waals surface area contributed by atoms with Gasteiger partial charge in [-0.15, -0.1) is 0 Å². The summed E-state index contributed by atoms with van der Waals surface area (Å²) in [6, 6.07) is 4.69. The van der Waals surface area contributed by atoms with E-state index in [1.807, 2.05) is 0 Å². The van der Waals surface area contributed by atoms with Crippen LogP contribution >= 0.6 is 11.6 Å². The van der Waals surface area contributed by atoms with E-state index in [9.17, 15) is 10.2 Å². The molecule has 1 aromatic rings. The number of halogens is 1. The lowest BCUT2D eigenvalue weighted by atomic mass is 10.0. The van der Waals surface area contributed by atoms with Gasteiger partial charge in [0.2, 0.25) is 0 Å². The van der Waals surface area contributed by atoms with E-state index in [4.69, 9.17) is 23.1 Å². The maximum absolute atomic E-state index is 9.61. The number of benzene rings is 1. The summed E-state index contributed by atoms with van der Waals surface area (Å²) in [6.07, 6.45) is -2.09. The van der Waals surface area contributed by atoms with E-state index in [0.717, 1.165) is 0 Å². The van der Waals surface area contributed by atoms with Crippen molar-refractivity contribution in [2.45, 2.75) is 12.2 Å². The molecule has 2 atom stereocenters. The molecule has 0 bridgehead atoms.